The molecule has 1 heterocycles. The SMILES string of the molecule is C/C(=C1/SC(=S)NC1=O)c1cc(C(F)(F)F)cc(C(F)(F)F)c1. The van der Waals surface area contributed by atoms with E-state index in [1.165, 1.54) is 6.92 Å². The quantitative estimate of drug-likeness (QED) is 0.444. The van der Waals surface area contributed by atoms with Crippen LogP contribution in [0.2, 0.25) is 0 Å². The van der Waals surface area contributed by atoms with Gasteiger partial charge >= 0.3 is 12.4 Å². The summed E-state index contributed by atoms with van der Waals surface area (Å²) >= 11 is 5.54. The van der Waals surface area contributed by atoms with E-state index in [9.17, 15) is 31.1 Å². The molecule has 0 saturated carbocycles. The van der Waals surface area contributed by atoms with Crippen molar-refractivity contribution in [3.63, 3.8) is 0 Å². The molecule has 1 aliphatic rings. The number of halogens is 6. The Morgan fingerprint density at radius 1 is 1.04 bits per heavy atom. The zero-order valence-electron chi connectivity index (χ0n) is 11.2. The van der Waals surface area contributed by atoms with Crippen molar-refractivity contribution >= 4 is 39.8 Å². The Labute approximate surface area is 135 Å². The Kier molecular flexibility index (Phi) is 4.51. The maximum absolute atomic E-state index is 12.8. The first-order chi connectivity index (χ1) is 10.4. The molecule has 0 atom stereocenters. The minimum atomic E-state index is -4.94. The lowest BCUT2D eigenvalue weighted by atomic mass is 9.99. The molecule has 0 unspecified atom stereocenters. The highest BCUT2D eigenvalue weighted by molar-refractivity contribution is 8.26. The van der Waals surface area contributed by atoms with Gasteiger partial charge in [-0.15, -0.1) is 0 Å². The van der Waals surface area contributed by atoms with Crippen LogP contribution in [0.4, 0.5) is 26.3 Å². The highest BCUT2D eigenvalue weighted by Gasteiger charge is 2.37. The van der Waals surface area contributed by atoms with Gasteiger partial charge in [-0.1, -0.05) is 24.0 Å². The summed E-state index contributed by atoms with van der Waals surface area (Å²) in [5.41, 5.74) is -3.22. The van der Waals surface area contributed by atoms with E-state index in [2.05, 4.69) is 5.32 Å². The molecule has 124 valence electrons. The van der Waals surface area contributed by atoms with Crippen molar-refractivity contribution in [3.05, 3.63) is 39.8 Å². The number of alkyl halides is 6. The van der Waals surface area contributed by atoms with E-state index in [1.807, 2.05) is 0 Å². The van der Waals surface area contributed by atoms with Crippen molar-refractivity contribution < 1.29 is 31.1 Å². The summed E-state index contributed by atoms with van der Waals surface area (Å²) in [6.07, 6.45) is -9.89. The van der Waals surface area contributed by atoms with E-state index in [1.54, 1.807) is 0 Å². The largest absolute Gasteiger partial charge is 0.416 e. The third-order valence-corrected chi connectivity index (χ3v) is 4.31. The molecule has 1 fully saturated rings. The molecule has 0 aliphatic carbocycles. The predicted octanol–water partition coefficient (Wildman–Crippen LogP) is 4.60. The summed E-state index contributed by atoms with van der Waals surface area (Å²) < 4.78 is 77.1. The van der Waals surface area contributed by atoms with Gasteiger partial charge in [-0.05, 0) is 36.3 Å². The Morgan fingerprint density at radius 2 is 1.52 bits per heavy atom. The summed E-state index contributed by atoms with van der Waals surface area (Å²) in [5.74, 6) is -0.650. The van der Waals surface area contributed by atoms with E-state index in [0.717, 1.165) is 11.8 Å². The second-order valence-electron chi connectivity index (χ2n) is 4.59. The van der Waals surface area contributed by atoms with E-state index < -0.39 is 29.4 Å². The second kappa shape index (κ2) is 5.82. The highest BCUT2D eigenvalue weighted by Crippen LogP contribution is 2.39. The van der Waals surface area contributed by atoms with Crippen molar-refractivity contribution in [3.8, 4) is 0 Å². The van der Waals surface area contributed by atoms with Crippen molar-refractivity contribution in [2.24, 2.45) is 0 Å². The van der Waals surface area contributed by atoms with Crippen molar-refractivity contribution in [1.82, 2.24) is 5.32 Å². The summed E-state index contributed by atoms with van der Waals surface area (Å²) in [4.78, 5) is 11.6. The number of carbonyl (C=O) groups is 1. The molecule has 1 N–H and O–H groups in total. The first kappa shape index (κ1) is 17.8. The Balaban J connectivity index is 2.65. The summed E-state index contributed by atoms with van der Waals surface area (Å²) in [7, 11) is 0. The lowest BCUT2D eigenvalue weighted by Crippen LogP contribution is -2.18. The van der Waals surface area contributed by atoms with Gasteiger partial charge in [-0.25, -0.2) is 0 Å². The minimum absolute atomic E-state index is 0.0102. The van der Waals surface area contributed by atoms with Crippen LogP contribution in [-0.4, -0.2) is 10.2 Å². The summed E-state index contributed by atoms with van der Waals surface area (Å²) in [6.45, 7) is 1.27. The monoisotopic (exact) mass is 371 g/mol. The van der Waals surface area contributed by atoms with E-state index in [-0.39, 0.29) is 26.4 Å². The Morgan fingerprint density at radius 3 is 1.87 bits per heavy atom. The second-order valence-corrected chi connectivity index (χ2v) is 6.28. The van der Waals surface area contributed by atoms with Crippen LogP contribution in [0.3, 0.4) is 0 Å². The number of hydrogen-bond acceptors (Lipinski definition) is 3. The minimum Gasteiger partial charge on any atom is -0.307 e. The molecule has 1 saturated heterocycles. The number of nitrogens with one attached hydrogen (secondary N) is 1. The molecule has 0 spiro atoms. The molecule has 1 aliphatic heterocycles. The first-order valence-electron chi connectivity index (χ1n) is 5.93. The number of carbonyl (C=O) groups excluding carboxylic acids is 1. The van der Waals surface area contributed by atoms with Gasteiger partial charge in [0.05, 0.1) is 16.0 Å². The van der Waals surface area contributed by atoms with Crippen LogP contribution in [0.15, 0.2) is 23.1 Å². The molecule has 1 aromatic carbocycles. The smallest absolute Gasteiger partial charge is 0.307 e. The topological polar surface area (TPSA) is 29.1 Å². The van der Waals surface area contributed by atoms with Crippen molar-refractivity contribution in [1.29, 1.82) is 0 Å². The lowest BCUT2D eigenvalue weighted by molar-refractivity contribution is -0.143. The molecule has 1 amide bonds. The zero-order chi connectivity index (χ0) is 17.6. The third kappa shape index (κ3) is 3.86. The molecule has 2 nitrogen and oxygen atoms in total. The average molecular weight is 371 g/mol. The number of rotatable bonds is 1. The molecule has 0 bridgehead atoms. The van der Waals surface area contributed by atoms with Crippen LogP contribution >= 0.6 is 24.0 Å². The number of thiocarbonyl (C=S) groups is 1. The van der Waals surface area contributed by atoms with Gasteiger partial charge in [-0.3, -0.25) is 4.79 Å². The Hall–Kier alpha value is -1.55. The fourth-order valence-electron chi connectivity index (χ4n) is 1.86. The molecule has 2 rings (SSSR count). The first-order valence-corrected chi connectivity index (χ1v) is 7.16. The number of hydrogen-bond donors (Lipinski definition) is 1. The van der Waals surface area contributed by atoms with Crippen LogP contribution in [0, 0.1) is 0 Å². The maximum atomic E-state index is 12.8. The van der Waals surface area contributed by atoms with Crippen LogP contribution in [-0.2, 0) is 17.1 Å². The van der Waals surface area contributed by atoms with Crippen LogP contribution in [0.25, 0.3) is 5.57 Å². The fraction of sp³-hybridized carbons (Fsp3) is 0.231. The van der Waals surface area contributed by atoms with Gasteiger partial charge in [0.25, 0.3) is 5.91 Å². The molecule has 0 radical (unpaired) electrons. The number of amides is 1. The van der Waals surface area contributed by atoms with Crippen molar-refractivity contribution in [2.75, 3.05) is 0 Å². The average Bonchev–Trinajstić information content (AvgIpc) is 2.74. The van der Waals surface area contributed by atoms with Crippen molar-refractivity contribution in [2.45, 2.75) is 19.3 Å². The molecule has 1 aromatic rings. The third-order valence-electron chi connectivity index (χ3n) is 2.98. The normalized spacial score (nSPS) is 18.2. The van der Waals surface area contributed by atoms with Gasteiger partial charge in [0.1, 0.15) is 4.32 Å². The predicted molar refractivity (Wildman–Crippen MR) is 77.4 cm³/mol. The zero-order valence-corrected chi connectivity index (χ0v) is 12.9. The van der Waals surface area contributed by atoms with Gasteiger partial charge in [0, 0.05) is 0 Å². The molecular weight excluding hydrogens is 364 g/mol. The number of benzene rings is 1. The molecule has 23 heavy (non-hydrogen) atoms. The van der Waals surface area contributed by atoms with E-state index in [4.69, 9.17) is 12.2 Å². The van der Waals surface area contributed by atoms with Gasteiger partial charge in [0.15, 0.2) is 0 Å². The van der Waals surface area contributed by atoms with Crippen LogP contribution in [0.1, 0.15) is 23.6 Å². The molecular formula is C13H7F6NOS2. The molecule has 10 heteroatoms. The fourth-order valence-corrected chi connectivity index (χ4v) is 2.95. The summed E-state index contributed by atoms with van der Waals surface area (Å²) in [5, 5.41) is 2.26. The van der Waals surface area contributed by atoms with E-state index >= 15 is 0 Å². The lowest BCUT2D eigenvalue weighted by Gasteiger charge is -2.15. The molecule has 0 aromatic heterocycles. The van der Waals surface area contributed by atoms with Gasteiger partial charge < -0.3 is 5.32 Å². The van der Waals surface area contributed by atoms with Gasteiger partial charge in [0.2, 0.25) is 0 Å². The van der Waals surface area contributed by atoms with Gasteiger partial charge in [-0.2, -0.15) is 26.3 Å². The number of thioether (sulfide) groups is 1. The maximum Gasteiger partial charge on any atom is 0.416 e. The van der Waals surface area contributed by atoms with E-state index in [0.29, 0.717) is 12.1 Å². The number of allylic oxidation sites excluding steroid dienone is 1. The summed E-state index contributed by atoms with van der Waals surface area (Å²) in [6, 6.07) is 1.19. The Bertz CT molecular complexity index is 688. The standard InChI is InChI=1S/C13H7F6NOS2/c1-5(9-10(21)20-11(22)23-9)6-2-7(12(14,15)16)4-8(3-6)13(17,18)19/h2-4H,1H3,(H,20,21,22)/b9-5-. The highest BCUT2D eigenvalue weighted by atomic mass is 32.2. The van der Waals surface area contributed by atoms with Crippen LogP contribution < -0.4 is 5.32 Å². The van der Waals surface area contributed by atoms with Crippen LogP contribution in [0.5, 0.6) is 0 Å².